The van der Waals surface area contributed by atoms with Gasteiger partial charge in [0.15, 0.2) is 0 Å². The normalized spacial score (nSPS) is 11.2. The molecule has 110 valence electrons. The minimum atomic E-state index is -4.54. The number of rotatable bonds is 3. The molecular formula is C14H9ClF3NO2. The molecule has 2 aromatic rings. The number of carboxylic acid groups (broad SMARTS) is 1. The van der Waals surface area contributed by atoms with Gasteiger partial charge in [-0.3, -0.25) is 0 Å². The van der Waals surface area contributed by atoms with Gasteiger partial charge in [-0.1, -0.05) is 23.7 Å². The fraction of sp³-hybridized carbons (Fsp3) is 0.0714. The molecular weight excluding hydrogens is 307 g/mol. The summed E-state index contributed by atoms with van der Waals surface area (Å²) < 4.78 is 38.7. The highest BCUT2D eigenvalue weighted by Crippen LogP contribution is 2.36. The molecule has 21 heavy (non-hydrogen) atoms. The van der Waals surface area contributed by atoms with Crippen molar-refractivity contribution in [3.8, 4) is 0 Å². The van der Waals surface area contributed by atoms with Crippen LogP contribution in [0.5, 0.6) is 0 Å². The number of anilines is 2. The maximum atomic E-state index is 12.9. The Balaban J connectivity index is 2.47. The molecule has 2 aromatic carbocycles. The van der Waals surface area contributed by atoms with Crippen LogP contribution in [0.2, 0.25) is 5.02 Å². The Bertz CT molecular complexity index is 686. The summed E-state index contributed by atoms with van der Waals surface area (Å²) in [4.78, 5) is 11.1. The first kappa shape index (κ1) is 15.2. The average Bonchev–Trinajstić information content (AvgIpc) is 2.40. The van der Waals surface area contributed by atoms with Crippen LogP contribution in [0, 0.1) is 0 Å². The van der Waals surface area contributed by atoms with Gasteiger partial charge in [-0.25, -0.2) is 4.79 Å². The molecule has 0 amide bonds. The molecule has 0 heterocycles. The average molecular weight is 316 g/mol. The van der Waals surface area contributed by atoms with Crippen molar-refractivity contribution in [2.24, 2.45) is 0 Å². The number of carboxylic acids is 1. The third-order valence-corrected chi connectivity index (χ3v) is 2.95. The summed E-state index contributed by atoms with van der Waals surface area (Å²) in [6.45, 7) is 0. The number of hydrogen-bond donors (Lipinski definition) is 2. The van der Waals surface area contributed by atoms with Gasteiger partial charge < -0.3 is 10.4 Å². The molecule has 2 N–H and O–H groups in total. The van der Waals surface area contributed by atoms with E-state index < -0.39 is 17.7 Å². The summed E-state index contributed by atoms with van der Waals surface area (Å²) in [7, 11) is 0. The Labute approximate surface area is 123 Å². The molecule has 3 nitrogen and oxygen atoms in total. The minimum Gasteiger partial charge on any atom is -0.478 e. The number of benzene rings is 2. The number of halogens is 4. The van der Waals surface area contributed by atoms with E-state index in [9.17, 15) is 18.0 Å². The van der Waals surface area contributed by atoms with Crippen LogP contribution in [0.4, 0.5) is 24.5 Å². The zero-order chi connectivity index (χ0) is 15.6. The fourth-order valence-corrected chi connectivity index (χ4v) is 1.96. The molecule has 0 fully saturated rings. The predicted molar refractivity (Wildman–Crippen MR) is 73.1 cm³/mol. The SMILES string of the molecule is O=C(O)c1cc(Cl)ccc1Nc1ccccc1C(F)(F)F. The smallest absolute Gasteiger partial charge is 0.418 e. The summed E-state index contributed by atoms with van der Waals surface area (Å²) in [5, 5.41) is 11.8. The molecule has 0 aliphatic carbocycles. The summed E-state index contributed by atoms with van der Waals surface area (Å²) in [5.74, 6) is -1.29. The van der Waals surface area contributed by atoms with E-state index in [4.69, 9.17) is 16.7 Å². The second-order valence-electron chi connectivity index (χ2n) is 4.16. The van der Waals surface area contributed by atoms with Crippen LogP contribution in [0.15, 0.2) is 42.5 Å². The lowest BCUT2D eigenvalue weighted by molar-refractivity contribution is -0.136. The van der Waals surface area contributed by atoms with Gasteiger partial charge in [-0.15, -0.1) is 0 Å². The van der Waals surface area contributed by atoms with Gasteiger partial charge in [0.25, 0.3) is 0 Å². The van der Waals surface area contributed by atoms with Gasteiger partial charge in [-0.2, -0.15) is 13.2 Å². The lowest BCUT2D eigenvalue weighted by Crippen LogP contribution is -2.10. The molecule has 0 bridgehead atoms. The van der Waals surface area contributed by atoms with Crippen molar-refractivity contribution in [3.63, 3.8) is 0 Å². The Morgan fingerprint density at radius 1 is 1.10 bits per heavy atom. The maximum absolute atomic E-state index is 12.9. The second kappa shape index (κ2) is 5.65. The van der Waals surface area contributed by atoms with Gasteiger partial charge >= 0.3 is 12.1 Å². The lowest BCUT2D eigenvalue weighted by atomic mass is 10.1. The van der Waals surface area contributed by atoms with Gasteiger partial charge in [0.05, 0.1) is 22.5 Å². The van der Waals surface area contributed by atoms with Gasteiger partial charge in [0, 0.05) is 5.02 Å². The number of nitrogens with one attached hydrogen (secondary N) is 1. The molecule has 0 saturated heterocycles. The molecule has 7 heteroatoms. The van der Waals surface area contributed by atoms with E-state index in [0.717, 1.165) is 6.07 Å². The number of aromatic carboxylic acids is 1. The van der Waals surface area contributed by atoms with Crippen LogP contribution in [-0.2, 0) is 6.18 Å². The quantitative estimate of drug-likeness (QED) is 0.855. The minimum absolute atomic E-state index is 0.0311. The number of carbonyl (C=O) groups is 1. The topological polar surface area (TPSA) is 49.3 Å². The highest BCUT2D eigenvalue weighted by molar-refractivity contribution is 6.31. The van der Waals surface area contributed by atoms with Crippen LogP contribution in [0.3, 0.4) is 0 Å². The highest BCUT2D eigenvalue weighted by atomic mass is 35.5. The Kier molecular flexibility index (Phi) is 4.09. The molecule has 0 spiro atoms. The summed E-state index contributed by atoms with van der Waals surface area (Å²) in [6.07, 6.45) is -4.54. The predicted octanol–water partition coefficient (Wildman–Crippen LogP) is 4.80. The highest BCUT2D eigenvalue weighted by Gasteiger charge is 2.33. The number of alkyl halides is 3. The van der Waals surface area contributed by atoms with E-state index in [0.29, 0.717) is 0 Å². The zero-order valence-electron chi connectivity index (χ0n) is 10.4. The van der Waals surface area contributed by atoms with Gasteiger partial charge in [0.1, 0.15) is 0 Å². The molecule has 0 aliphatic rings. The molecule has 0 unspecified atom stereocenters. The van der Waals surface area contributed by atoms with Crippen molar-refractivity contribution in [2.75, 3.05) is 5.32 Å². The van der Waals surface area contributed by atoms with Crippen molar-refractivity contribution in [3.05, 3.63) is 58.6 Å². The van der Waals surface area contributed by atoms with E-state index >= 15 is 0 Å². The third kappa shape index (κ3) is 3.46. The van der Waals surface area contributed by atoms with Crippen molar-refractivity contribution in [1.29, 1.82) is 0 Å². The maximum Gasteiger partial charge on any atom is 0.418 e. The Morgan fingerprint density at radius 3 is 2.38 bits per heavy atom. The lowest BCUT2D eigenvalue weighted by Gasteiger charge is -2.15. The molecule has 0 aromatic heterocycles. The second-order valence-corrected chi connectivity index (χ2v) is 4.60. The van der Waals surface area contributed by atoms with Crippen LogP contribution < -0.4 is 5.32 Å². The number of hydrogen-bond acceptors (Lipinski definition) is 2. The Morgan fingerprint density at radius 2 is 1.76 bits per heavy atom. The van der Waals surface area contributed by atoms with E-state index in [1.165, 1.54) is 36.4 Å². The Hall–Kier alpha value is -2.21. The van der Waals surface area contributed by atoms with Gasteiger partial charge in [0.2, 0.25) is 0 Å². The van der Waals surface area contributed by atoms with Crippen LogP contribution >= 0.6 is 11.6 Å². The molecule has 0 radical (unpaired) electrons. The summed E-state index contributed by atoms with van der Waals surface area (Å²) >= 11 is 5.70. The number of para-hydroxylation sites is 1. The van der Waals surface area contributed by atoms with Gasteiger partial charge in [-0.05, 0) is 30.3 Å². The largest absolute Gasteiger partial charge is 0.478 e. The first-order chi connectivity index (χ1) is 9.79. The van der Waals surface area contributed by atoms with E-state index in [1.807, 2.05) is 0 Å². The first-order valence-electron chi connectivity index (χ1n) is 5.75. The zero-order valence-corrected chi connectivity index (χ0v) is 11.2. The van der Waals surface area contributed by atoms with E-state index in [1.54, 1.807) is 0 Å². The first-order valence-corrected chi connectivity index (χ1v) is 6.13. The van der Waals surface area contributed by atoms with Crippen LogP contribution in [0.1, 0.15) is 15.9 Å². The molecule has 0 atom stereocenters. The summed E-state index contributed by atoms with van der Waals surface area (Å²) in [5.41, 5.74) is -1.28. The molecule has 0 saturated carbocycles. The summed E-state index contributed by atoms with van der Waals surface area (Å²) in [6, 6.07) is 8.71. The van der Waals surface area contributed by atoms with E-state index in [2.05, 4.69) is 5.32 Å². The monoisotopic (exact) mass is 315 g/mol. The van der Waals surface area contributed by atoms with Crippen molar-refractivity contribution < 1.29 is 23.1 Å². The van der Waals surface area contributed by atoms with Crippen LogP contribution in [0.25, 0.3) is 0 Å². The molecule has 2 rings (SSSR count). The third-order valence-electron chi connectivity index (χ3n) is 2.71. The standard InChI is InChI=1S/C14H9ClF3NO2/c15-8-5-6-11(9(7-8)13(20)21)19-12-4-2-1-3-10(12)14(16,17)18/h1-7,19H,(H,20,21). The van der Waals surface area contributed by atoms with Crippen molar-refractivity contribution in [1.82, 2.24) is 0 Å². The van der Waals surface area contributed by atoms with E-state index in [-0.39, 0.29) is 22.0 Å². The fourth-order valence-electron chi connectivity index (χ4n) is 1.79. The molecule has 0 aliphatic heterocycles. The van der Waals surface area contributed by atoms with Crippen molar-refractivity contribution >= 4 is 28.9 Å². The van der Waals surface area contributed by atoms with Crippen LogP contribution in [-0.4, -0.2) is 11.1 Å². The van der Waals surface area contributed by atoms with Crippen molar-refractivity contribution in [2.45, 2.75) is 6.18 Å².